The van der Waals surface area contributed by atoms with Gasteiger partial charge < -0.3 is 5.32 Å². The lowest BCUT2D eigenvalue weighted by atomic mass is 10.2. The number of hydrogen-bond donors (Lipinski definition) is 1. The Morgan fingerprint density at radius 3 is 3.00 bits per heavy atom. The van der Waals surface area contributed by atoms with Gasteiger partial charge in [0.25, 0.3) is 0 Å². The van der Waals surface area contributed by atoms with E-state index in [0.29, 0.717) is 24.2 Å². The molecule has 0 spiro atoms. The third kappa shape index (κ3) is 2.74. The predicted octanol–water partition coefficient (Wildman–Crippen LogP) is 2.85. The van der Waals surface area contributed by atoms with Crippen molar-refractivity contribution in [3.63, 3.8) is 0 Å². The van der Waals surface area contributed by atoms with Gasteiger partial charge in [-0.25, -0.2) is 4.39 Å². The minimum atomic E-state index is -0.204. The molecule has 1 aromatic rings. The number of anilines is 1. The molecule has 0 fully saturated rings. The number of benzene rings is 1. The lowest BCUT2D eigenvalue weighted by Gasteiger charge is -2.07. The number of nitriles is 1. The first-order valence-electron chi connectivity index (χ1n) is 4.61. The summed E-state index contributed by atoms with van der Waals surface area (Å²) in [6.45, 7) is 2.36. The van der Waals surface area contributed by atoms with Crippen molar-refractivity contribution in [2.75, 3.05) is 11.9 Å². The van der Waals surface area contributed by atoms with Crippen LogP contribution in [0.3, 0.4) is 0 Å². The average molecular weight is 192 g/mol. The van der Waals surface area contributed by atoms with Crippen molar-refractivity contribution < 1.29 is 4.39 Å². The van der Waals surface area contributed by atoms with Crippen LogP contribution in [0.25, 0.3) is 0 Å². The van der Waals surface area contributed by atoms with Gasteiger partial charge in [-0.2, -0.15) is 5.26 Å². The van der Waals surface area contributed by atoms with Crippen LogP contribution in [0.15, 0.2) is 18.2 Å². The Labute approximate surface area is 83.4 Å². The highest BCUT2D eigenvalue weighted by Gasteiger charge is 2.02. The van der Waals surface area contributed by atoms with Crippen LogP contribution in [-0.4, -0.2) is 6.54 Å². The number of halogens is 1. The van der Waals surface area contributed by atoms with Crippen molar-refractivity contribution in [1.29, 1.82) is 5.26 Å². The van der Waals surface area contributed by atoms with Crippen LogP contribution in [0.5, 0.6) is 0 Å². The van der Waals surface area contributed by atoms with E-state index in [0.717, 1.165) is 6.42 Å². The van der Waals surface area contributed by atoms with Crippen molar-refractivity contribution in [3.05, 3.63) is 29.6 Å². The van der Waals surface area contributed by atoms with Crippen LogP contribution >= 0.6 is 0 Å². The predicted molar refractivity (Wildman–Crippen MR) is 54.5 cm³/mol. The van der Waals surface area contributed by atoms with E-state index >= 15 is 0 Å². The molecule has 0 aromatic heterocycles. The first kappa shape index (κ1) is 10.5. The molecule has 0 saturated carbocycles. The second-order valence-electron chi connectivity index (χ2n) is 3.12. The zero-order valence-electron chi connectivity index (χ0n) is 8.18. The van der Waals surface area contributed by atoms with Crippen molar-refractivity contribution >= 4 is 5.69 Å². The molecule has 1 aromatic carbocycles. The molecule has 74 valence electrons. The fraction of sp³-hybridized carbons (Fsp3) is 0.364. The molecule has 0 amide bonds. The Morgan fingerprint density at radius 1 is 1.50 bits per heavy atom. The van der Waals surface area contributed by atoms with Crippen LogP contribution < -0.4 is 5.32 Å². The first-order valence-corrected chi connectivity index (χ1v) is 4.61. The van der Waals surface area contributed by atoms with Gasteiger partial charge >= 0.3 is 0 Å². The van der Waals surface area contributed by atoms with Gasteiger partial charge in [0.1, 0.15) is 5.82 Å². The molecule has 2 nitrogen and oxygen atoms in total. The number of aryl methyl sites for hydroxylation is 1. The van der Waals surface area contributed by atoms with Gasteiger partial charge in [0.05, 0.1) is 11.8 Å². The second kappa shape index (κ2) is 5.23. The van der Waals surface area contributed by atoms with E-state index in [9.17, 15) is 4.39 Å². The van der Waals surface area contributed by atoms with Crippen LogP contribution in [0.2, 0.25) is 0 Å². The molecule has 0 atom stereocenters. The van der Waals surface area contributed by atoms with Crippen molar-refractivity contribution in [2.24, 2.45) is 0 Å². The molecule has 0 unspecified atom stereocenters. The van der Waals surface area contributed by atoms with E-state index < -0.39 is 0 Å². The highest BCUT2D eigenvalue weighted by molar-refractivity contribution is 5.47. The van der Waals surface area contributed by atoms with Gasteiger partial charge in [-0.1, -0.05) is 12.1 Å². The number of nitrogens with one attached hydrogen (secondary N) is 1. The first-order chi connectivity index (χ1) is 6.75. The highest BCUT2D eigenvalue weighted by Crippen LogP contribution is 2.16. The summed E-state index contributed by atoms with van der Waals surface area (Å²) in [5.74, 6) is -0.204. The fourth-order valence-corrected chi connectivity index (χ4v) is 1.17. The molecule has 1 rings (SSSR count). The zero-order valence-corrected chi connectivity index (χ0v) is 8.18. The molecule has 1 N–H and O–H groups in total. The molecular weight excluding hydrogens is 179 g/mol. The maximum absolute atomic E-state index is 13.4. The lowest BCUT2D eigenvalue weighted by Crippen LogP contribution is -2.03. The zero-order chi connectivity index (χ0) is 10.4. The molecule has 14 heavy (non-hydrogen) atoms. The number of hydrogen-bond acceptors (Lipinski definition) is 2. The molecule has 0 aliphatic heterocycles. The summed E-state index contributed by atoms with van der Waals surface area (Å²) >= 11 is 0. The summed E-state index contributed by atoms with van der Waals surface area (Å²) in [5, 5.41) is 11.3. The monoisotopic (exact) mass is 192 g/mol. The summed E-state index contributed by atoms with van der Waals surface area (Å²) in [6.07, 6.45) is 1.24. The van der Waals surface area contributed by atoms with Gasteiger partial charge in [0.15, 0.2) is 0 Å². The van der Waals surface area contributed by atoms with Gasteiger partial charge in [-0.3, -0.25) is 0 Å². The minimum absolute atomic E-state index is 0.204. The lowest BCUT2D eigenvalue weighted by molar-refractivity contribution is 0.620. The summed E-state index contributed by atoms with van der Waals surface area (Å²) < 4.78 is 13.4. The van der Waals surface area contributed by atoms with Gasteiger partial charge in [0, 0.05) is 13.0 Å². The van der Waals surface area contributed by atoms with Gasteiger partial charge in [0.2, 0.25) is 0 Å². The summed E-state index contributed by atoms with van der Waals surface area (Å²) in [6, 6.07) is 7.29. The molecule has 0 saturated heterocycles. The molecule has 0 aliphatic rings. The van der Waals surface area contributed by atoms with E-state index in [2.05, 4.69) is 5.32 Å². The Morgan fingerprint density at radius 2 is 2.29 bits per heavy atom. The molecular formula is C11H13FN2. The molecule has 0 aliphatic carbocycles. The summed E-state index contributed by atoms with van der Waals surface area (Å²) in [4.78, 5) is 0. The molecule has 0 bridgehead atoms. The Kier molecular flexibility index (Phi) is 3.93. The van der Waals surface area contributed by atoms with Crippen LogP contribution in [0.4, 0.5) is 10.1 Å². The quantitative estimate of drug-likeness (QED) is 0.744. The molecule has 3 heteroatoms. The van der Waals surface area contributed by atoms with E-state index in [1.54, 1.807) is 19.1 Å². The normalized spacial score (nSPS) is 9.50. The number of unbranched alkanes of at least 4 members (excludes halogenated alkanes) is 1. The molecule has 0 heterocycles. The second-order valence-corrected chi connectivity index (χ2v) is 3.12. The largest absolute Gasteiger partial charge is 0.383 e. The van der Waals surface area contributed by atoms with Gasteiger partial charge in [-0.05, 0) is 25.0 Å². The van der Waals surface area contributed by atoms with Crippen LogP contribution in [0.1, 0.15) is 18.4 Å². The highest BCUT2D eigenvalue weighted by atomic mass is 19.1. The average Bonchev–Trinajstić information content (AvgIpc) is 2.19. The Hall–Kier alpha value is -1.56. The topological polar surface area (TPSA) is 35.8 Å². The van der Waals surface area contributed by atoms with E-state index in [-0.39, 0.29) is 5.82 Å². The fourth-order valence-electron chi connectivity index (χ4n) is 1.17. The SMILES string of the molecule is Cc1cccc(NCCCC#N)c1F. The summed E-state index contributed by atoms with van der Waals surface area (Å²) in [7, 11) is 0. The molecule has 0 radical (unpaired) electrons. The maximum atomic E-state index is 13.4. The Bertz CT molecular complexity index is 342. The van der Waals surface area contributed by atoms with E-state index in [4.69, 9.17) is 5.26 Å². The van der Waals surface area contributed by atoms with Crippen LogP contribution in [-0.2, 0) is 0 Å². The van der Waals surface area contributed by atoms with E-state index in [1.807, 2.05) is 12.1 Å². The summed E-state index contributed by atoms with van der Waals surface area (Å²) in [5.41, 5.74) is 1.15. The third-order valence-electron chi connectivity index (χ3n) is 1.97. The number of nitrogens with zero attached hydrogens (tertiary/aromatic N) is 1. The smallest absolute Gasteiger partial charge is 0.149 e. The van der Waals surface area contributed by atoms with Crippen molar-refractivity contribution in [1.82, 2.24) is 0 Å². The van der Waals surface area contributed by atoms with Crippen molar-refractivity contribution in [3.8, 4) is 6.07 Å². The van der Waals surface area contributed by atoms with E-state index in [1.165, 1.54) is 0 Å². The van der Waals surface area contributed by atoms with Gasteiger partial charge in [-0.15, -0.1) is 0 Å². The standard InChI is InChI=1S/C11H13FN2/c1-9-5-4-6-10(11(9)12)14-8-3-2-7-13/h4-6,14H,2-3,8H2,1H3. The maximum Gasteiger partial charge on any atom is 0.149 e. The van der Waals surface area contributed by atoms with Crippen LogP contribution in [0, 0.1) is 24.1 Å². The minimum Gasteiger partial charge on any atom is -0.383 e. The third-order valence-corrected chi connectivity index (χ3v) is 1.97. The number of rotatable bonds is 4. The Balaban J connectivity index is 2.51. The van der Waals surface area contributed by atoms with Crippen molar-refractivity contribution in [2.45, 2.75) is 19.8 Å².